The maximum atomic E-state index is 12.0. The maximum Gasteiger partial charge on any atom is 0.220 e. The van der Waals surface area contributed by atoms with Crippen molar-refractivity contribution in [3.63, 3.8) is 0 Å². The lowest BCUT2D eigenvalue weighted by atomic mass is 10.0. The van der Waals surface area contributed by atoms with Crippen LogP contribution in [0, 0.1) is 6.92 Å². The van der Waals surface area contributed by atoms with E-state index in [1.54, 1.807) is 11.3 Å². The third-order valence-corrected chi connectivity index (χ3v) is 5.11. The smallest absolute Gasteiger partial charge is 0.220 e. The summed E-state index contributed by atoms with van der Waals surface area (Å²) < 4.78 is 0. The number of thiophene rings is 1. The number of hydrogen-bond acceptors (Lipinski definition) is 3. The monoisotopic (exact) mass is 331 g/mol. The highest BCUT2D eigenvalue weighted by atomic mass is 32.1. The molecule has 3 nitrogen and oxygen atoms in total. The van der Waals surface area contributed by atoms with Crippen LogP contribution >= 0.6 is 11.3 Å². The Hall–Kier alpha value is -1.65. The molecule has 0 saturated carbocycles. The van der Waals surface area contributed by atoms with Gasteiger partial charge in [-0.25, -0.2) is 0 Å². The molecule has 23 heavy (non-hydrogen) atoms. The second-order valence-corrected chi connectivity index (χ2v) is 6.99. The van der Waals surface area contributed by atoms with Crippen LogP contribution in [0.4, 0.5) is 0 Å². The summed E-state index contributed by atoms with van der Waals surface area (Å²) >= 11 is 1.75. The van der Waals surface area contributed by atoms with Gasteiger partial charge in [0.2, 0.25) is 5.91 Å². The highest BCUT2D eigenvalue weighted by Crippen LogP contribution is 2.18. The number of aliphatic hydroxyl groups excluding tert-OH is 1. The Balaban J connectivity index is 1.70. The number of carbonyl (C=O) groups is 1. The van der Waals surface area contributed by atoms with Gasteiger partial charge in [0.1, 0.15) is 0 Å². The Morgan fingerprint density at radius 3 is 2.65 bits per heavy atom. The van der Waals surface area contributed by atoms with Crippen LogP contribution in [0.15, 0.2) is 41.8 Å². The lowest BCUT2D eigenvalue weighted by Gasteiger charge is -2.20. The molecule has 4 heteroatoms. The predicted octanol–water partition coefficient (Wildman–Crippen LogP) is 3.49. The van der Waals surface area contributed by atoms with E-state index in [0.29, 0.717) is 12.8 Å². The number of amides is 1. The van der Waals surface area contributed by atoms with Crippen molar-refractivity contribution in [2.24, 2.45) is 0 Å². The molecule has 1 aromatic carbocycles. The SMILES string of the molecule is Cc1ccsc1CCCC(=O)NC(C)C(O)Cc1ccccc1. The molecule has 0 spiro atoms. The molecule has 0 fully saturated rings. The normalized spacial score (nSPS) is 13.5. The first kappa shape index (κ1) is 17.7. The zero-order valence-corrected chi connectivity index (χ0v) is 14.6. The molecule has 0 bridgehead atoms. The average Bonchev–Trinajstić information content (AvgIpc) is 2.93. The minimum atomic E-state index is -0.569. The fourth-order valence-electron chi connectivity index (χ4n) is 2.52. The Morgan fingerprint density at radius 1 is 1.26 bits per heavy atom. The van der Waals surface area contributed by atoms with Gasteiger partial charge in [-0.1, -0.05) is 30.3 Å². The Bertz CT molecular complexity index is 609. The molecular weight excluding hydrogens is 306 g/mol. The van der Waals surface area contributed by atoms with E-state index in [1.807, 2.05) is 37.3 Å². The van der Waals surface area contributed by atoms with Crippen LogP contribution in [0.1, 0.15) is 35.8 Å². The van der Waals surface area contributed by atoms with Crippen molar-refractivity contribution < 1.29 is 9.90 Å². The first-order chi connectivity index (χ1) is 11.1. The van der Waals surface area contributed by atoms with Gasteiger partial charge in [-0.15, -0.1) is 11.3 Å². The summed E-state index contributed by atoms with van der Waals surface area (Å²) in [5.74, 6) is 0.0128. The molecule has 0 aliphatic rings. The Labute approximate surface area is 142 Å². The van der Waals surface area contributed by atoms with Gasteiger partial charge < -0.3 is 10.4 Å². The van der Waals surface area contributed by atoms with E-state index < -0.39 is 6.10 Å². The lowest BCUT2D eigenvalue weighted by Crippen LogP contribution is -2.42. The molecule has 2 rings (SSSR count). The van der Waals surface area contributed by atoms with Crippen LogP contribution in [-0.4, -0.2) is 23.2 Å². The van der Waals surface area contributed by atoms with Gasteiger partial charge in [-0.3, -0.25) is 4.79 Å². The topological polar surface area (TPSA) is 49.3 Å². The molecule has 2 N–H and O–H groups in total. The molecule has 2 unspecified atom stereocenters. The summed E-state index contributed by atoms with van der Waals surface area (Å²) in [5, 5.41) is 15.2. The number of aryl methyl sites for hydroxylation is 2. The first-order valence-electron chi connectivity index (χ1n) is 8.10. The zero-order valence-electron chi connectivity index (χ0n) is 13.8. The third kappa shape index (κ3) is 5.81. The van der Waals surface area contributed by atoms with Crippen LogP contribution in [0.3, 0.4) is 0 Å². The van der Waals surface area contributed by atoms with Gasteiger partial charge in [0, 0.05) is 17.7 Å². The summed E-state index contributed by atoms with van der Waals surface area (Å²) in [7, 11) is 0. The Kier molecular flexibility index (Phi) is 6.81. The standard InChI is InChI=1S/C19H25NO2S/c1-14-11-12-23-18(14)9-6-10-19(22)20-15(2)17(21)13-16-7-4-3-5-8-16/h3-5,7-8,11-12,15,17,21H,6,9-10,13H2,1-2H3,(H,20,22). The fraction of sp³-hybridized carbons (Fsp3) is 0.421. The predicted molar refractivity (Wildman–Crippen MR) is 95.8 cm³/mol. The molecule has 1 amide bonds. The minimum absolute atomic E-state index is 0.0128. The van der Waals surface area contributed by atoms with E-state index >= 15 is 0 Å². The molecular formula is C19H25NO2S. The van der Waals surface area contributed by atoms with Crippen molar-refractivity contribution in [2.45, 2.75) is 51.7 Å². The van der Waals surface area contributed by atoms with Crippen LogP contribution in [0.2, 0.25) is 0 Å². The van der Waals surface area contributed by atoms with E-state index in [9.17, 15) is 9.90 Å². The van der Waals surface area contributed by atoms with Crippen molar-refractivity contribution in [1.82, 2.24) is 5.32 Å². The fourth-order valence-corrected chi connectivity index (χ4v) is 3.48. The minimum Gasteiger partial charge on any atom is -0.391 e. The quantitative estimate of drug-likeness (QED) is 0.778. The molecule has 0 aliphatic heterocycles. The van der Waals surface area contributed by atoms with E-state index in [2.05, 4.69) is 23.7 Å². The number of rotatable bonds is 8. The van der Waals surface area contributed by atoms with Crippen LogP contribution in [0.5, 0.6) is 0 Å². The molecule has 0 saturated heterocycles. The summed E-state index contributed by atoms with van der Waals surface area (Å²) in [5.41, 5.74) is 2.39. The number of nitrogens with one attached hydrogen (secondary N) is 1. The molecule has 2 aromatic rings. The van der Waals surface area contributed by atoms with Crippen molar-refractivity contribution in [3.8, 4) is 0 Å². The third-order valence-electron chi connectivity index (χ3n) is 4.03. The maximum absolute atomic E-state index is 12.0. The highest BCUT2D eigenvalue weighted by Gasteiger charge is 2.16. The van der Waals surface area contributed by atoms with E-state index in [-0.39, 0.29) is 11.9 Å². The summed E-state index contributed by atoms with van der Waals surface area (Å²) in [6.07, 6.45) is 2.27. The average molecular weight is 331 g/mol. The molecule has 0 aliphatic carbocycles. The van der Waals surface area contributed by atoms with E-state index in [1.165, 1.54) is 10.4 Å². The van der Waals surface area contributed by atoms with Crippen molar-refractivity contribution in [1.29, 1.82) is 0 Å². The van der Waals surface area contributed by atoms with Gasteiger partial charge >= 0.3 is 0 Å². The number of carbonyl (C=O) groups excluding carboxylic acids is 1. The molecule has 2 atom stereocenters. The van der Waals surface area contributed by atoms with Crippen LogP contribution in [-0.2, 0) is 17.6 Å². The van der Waals surface area contributed by atoms with Crippen molar-refractivity contribution >= 4 is 17.2 Å². The van der Waals surface area contributed by atoms with Gasteiger partial charge in [0.05, 0.1) is 12.1 Å². The second-order valence-electron chi connectivity index (χ2n) is 5.99. The number of benzene rings is 1. The lowest BCUT2D eigenvalue weighted by molar-refractivity contribution is -0.122. The van der Waals surface area contributed by atoms with Crippen LogP contribution in [0.25, 0.3) is 0 Å². The summed E-state index contributed by atoms with van der Waals surface area (Å²) in [6.45, 7) is 3.96. The second kappa shape index (κ2) is 8.85. The molecule has 124 valence electrons. The van der Waals surface area contributed by atoms with Gasteiger partial charge in [0.15, 0.2) is 0 Å². The van der Waals surface area contributed by atoms with E-state index in [4.69, 9.17) is 0 Å². The van der Waals surface area contributed by atoms with Gasteiger partial charge in [-0.05, 0) is 49.3 Å². The molecule has 1 aromatic heterocycles. The van der Waals surface area contributed by atoms with Gasteiger partial charge in [-0.2, -0.15) is 0 Å². The van der Waals surface area contributed by atoms with E-state index in [0.717, 1.165) is 18.4 Å². The van der Waals surface area contributed by atoms with Gasteiger partial charge in [0.25, 0.3) is 0 Å². The first-order valence-corrected chi connectivity index (χ1v) is 8.98. The molecule has 0 radical (unpaired) electrons. The number of hydrogen-bond donors (Lipinski definition) is 2. The zero-order chi connectivity index (χ0) is 16.7. The number of aliphatic hydroxyl groups is 1. The largest absolute Gasteiger partial charge is 0.391 e. The van der Waals surface area contributed by atoms with Crippen LogP contribution < -0.4 is 5.32 Å². The van der Waals surface area contributed by atoms with Crippen molar-refractivity contribution in [2.75, 3.05) is 0 Å². The summed E-state index contributed by atoms with van der Waals surface area (Å²) in [6, 6.07) is 11.7. The van der Waals surface area contributed by atoms with Crippen molar-refractivity contribution in [3.05, 3.63) is 57.8 Å². The Morgan fingerprint density at radius 2 is 2.00 bits per heavy atom. The summed E-state index contributed by atoms with van der Waals surface area (Å²) in [4.78, 5) is 13.4. The highest BCUT2D eigenvalue weighted by molar-refractivity contribution is 7.10. The molecule has 1 heterocycles.